The van der Waals surface area contributed by atoms with Gasteiger partial charge in [-0.3, -0.25) is 0 Å². The van der Waals surface area contributed by atoms with E-state index < -0.39 is 0 Å². The van der Waals surface area contributed by atoms with Crippen LogP contribution < -0.4 is 5.32 Å². The van der Waals surface area contributed by atoms with E-state index in [0.29, 0.717) is 12.6 Å². The molecule has 1 unspecified atom stereocenters. The molecule has 1 atom stereocenters. The summed E-state index contributed by atoms with van der Waals surface area (Å²) in [6.07, 6.45) is 1.81. The third kappa shape index (κ3) is 2.27. The van der Waals surface area contributed by atoms with Crippen molar-refractivity contribution >= 4 is 11.7 Å². The van der Waals surface area contributed by atoms with Crippen molar-refractivity contribution in [3.63, 3.8) is 0 Å². The first-order valence-corrected chi connectivity index (χ1v) is 7.05. The van der Waals surface area contributed by atoms with Crippen molar-refractivity contribution in [2.45, 2.75) is 25.5 Å². The molecule has 2 aliphatic rings. The Kier molecular flexibility index (Phi) is 2.88. The standard InChI is InChI=1S/C17H14FN2O/c18-13-6-7-14-11(9-13)5-8-16(14)20-17-19-15-4-2-1-3-12(15)10-21-17/h2-4,6-7,9,16H,5,8,10H2,(H,19,20). The fraction of sp³-hybridized carbons (Fsp3) is 0.235. The summed E-state index contributed by atoms with van der Waals surface area (Å²) in [6, 6.07) is 14.3. The number of ether oxygens (including phenoxy) is 1. The molecule has 0 saturated carbocycles. The second-order valence-corrected chi connectivity index (χ2v) is 5.34. The number of halogens is 1. The second-order valence-electron chi connectivity index (χ2n) is 5.34. The highest BCUT2D eigenvalue weighted by Crippen LogP contribution is 2.32. The Bertz CT molecular complexity index is 726. The third-order valence-corrected chi connectivity index (χ3v) is 3.99. The van der Waals surface area contributed by atoms with Gasteiger partial charge in [-0.1, -0.05) is 12.1 Å². The highest BCUT2D eigenvalue weighted by Gasteiger charge is 2.25. The summed E-state index contributed by atoms with van der Waals surface area (Å²) in [5, 5.41) is 3.33. The zero-order chi connectivity index (χ0) is 14.2. The lowest BCUT2D eigenvalue weighted by molar-refractivity contribution is 0.266. The molecule has 4 heteroatoms. The largest absolute Gasteiger partial charge is 0.460 e. The average Bonchev–Trinajstić information content (AvgIpc) is 2.89. The lowest BCUT2D eigenvalue weighted by atomic mass is 10.1. The molecule has 0 saturated heterocycles. The minimum absolute atomic E-state index is 0.135. The molecular formula is C17H14FN2O. The molecule has 0 amide bonds. The normalized spacial score (nSPS) is 19.3. The predicted molar refractivity (Wildman–Crippen MR) is 77.8 cm³/mol. The van der Waals surface area contributed by atoms with Gasteiger partial charge in [0.1, 0.15) is 12.4 Å². The van der Waals surface area contributed by atoms with Gasteiger partial charge in [-0.15, -0.1) is 0 Å². The first-order valence-electron chi connectivity index (χ1n) is 7.05. The number of fused-ring (bicyclic) bond motifs is 2. The van der Waals surface area contributed by atoms with Gasteiger partial charge in [0.15, 0.2) is 0 Å². The van der Waals surface area contributed by atoms with Gasteiger partial charge in [-0.25, -0.2) is 4.39 Å². The van der Waals surface area contributed by atoms with Crippen molar-refractivity contribution in [3.8, 4) is 0 Å². The summed E-state index contributed by atoms with van der Waals surface area (Å²) >= 11 is 0. The zero-order valence-electron chi connectivity index (χ0n) is 11.4. The van der Waals surface area contributed by atoms with Crippen LogP contribution in [0.5, 0.6) is 0 Å². The number of nitrogens with zero attached hydrogens (tertiary/aromatic N) is 1. The van der Waals surface area contributed by atoms with Gasteiger partial charge in [0.25, 0.3) is 6.02 Å². The van der Waals surface area contributed by atoms with E-state index in [0.717, 1.165) is 35.2 Å². The monoisotopic (exact) mass is 281 g/mol. The minimum Gasteiger partial charge on any atom is -0.460 e. The van der Waals surface area contributed by atoms with E-state index in [2.05, 4.69) is 16.4 Å². The Morgan fingerprint density at radius 1 is 1.29 bits per heavy atom. The third-order valence-electron chi connectivity index (χ3n) is 3.99. The fourth-order valence-corrected chi connectivity index (χ4v) is 2.93. The number of benzene rings is 2. The molecule has 4 rings (SSSR count). The number of aliphatic imine (C=N–C) groups is 1. The lowest BCUT2D eigenvalue weighted by Gasteiger charge is -2.21. The molecule has 0 bridgehead atoms. The summed E-state index contributed by atoms with van der Waals surface area (Å²) in [4.78, 5) is 4.49. The van der Waals surface area contributed by atoms with Crippen LogP contribution in [0.2, 0.25) is 0 Å². The molecule has 2 aromatic rings. The van der Waals surface area contributed by atoms with Crippen molar-refractivity contribution in [1.29, 1.82) is 0 Å². The minimum atomic E-state index is -0.175. The van der Waals surface area contributed by atoms with Crippen LogP contribution in [0.15, 0.2) is 41.4 Å². The van der Waals surface area contributed by atoms with Crippen LogP contribution in [0.1, 0.15) is 29.2 Å². The quantitative estimate of drug-likeness (QED) is 0.869. The molecule has 2 aromatic carbocycles. The first kappa shape index (κ1) is 12.4. The Balaban J connectivity index is 1.58. The van der Waals surface area contributed by atoms with Gasteiger partial charge in [0.05, 0.1) is 11.7 Å². The molecular weight excluding hydrogens is 267 g/mol. The summed E-state index contributed by atoms with van der Waals surface area (Å²) in [5.41, 5.74) is 4.16. The van der Waals surface area contributed by atoms with Crippen molar-refractivity contribution in [3.05, 3.63) is 65.0 Å². The maximum Gasteiger partial charge on any atom is 0.290 e. The first-order chi connectivity index (χ1) is 10.3. The molecule has 0 fully saturated rings. The van der Waals surface area contributed by atoms with E-state index in [9.17, 15) is 4.39 Å². The maximum atomic E-state index is 13.2. The van der Waals surface area contributed by atoms with Crippen LogP contribution in [0.25, 0.3) is 0 Å². The van der Waals surface area contributed by atoms with Crippen molar-refractivity contribution in [1.82, 2.24) is 5.32 Å². The van der Waals surface area contributed by atoms with E-state index in [4.69, 9.17) is 4.74 Å². The summed E-state index contributed by atoms with van der Waals surface area (Å²) in [5.74, 6) is -0.175. The van der Waals surface area contributed by atoms with Crippen molar-refractivity contribution < 1.29 is 9.13 Å². The summed E-state index contributed by atoms with van der Waals surface area (Å²) < 4.78 is 18.9. The second kappa shape index (κ2) is 4.88. The van der Waals surface area contributed by atoms with E-state index >= 15 is 0 Å². The zero-order valence-corrected chi connectivity index (χ0v) is 11.4. The van der Waals surface area contributed by atoms with Crippen LogP contribution in [-0.4, -0.2) is 6.02 Å². The number of hydrogen-bond acceptors (Lipinski definition) is 3. The average molecular weight is 281 g/mol. The molecule has 3 nitrogen and oxygen atoms in total. The van der Waals surface area contributed by atoms with Crippen LogP contribution in [0.3, 0.4) is 0 Å². The van der Waals surface area contributed by atoms with Gasteiger partial charge < -0.3 is 10.1 Å². The Morgan fingerprint density at radius 2 is 2.24 bits per heavy atom. The molecule has 105 valence electrons. The molecule has 0 aromatic heterocycles. The molecule has 21 heavy (non-hydrogen) atoms. The van der Waals surface area contributed by atoms with Crippen LogP contribution in [0.4, 0.5) is 10.1 Å². The number of nitrogens with one attached hydrogen (secondary N) is 1. The lowest BCUT2D eigenvalue weighted by Crippen LogP contribution is -2.30. The Morgan fingerprint density at radius 3 is 3.19 bits per heavy atom. The number of amidine groups is 1. The highest BCUT2D eigenvalue weighted by molar-refractivity contribution is 5.79. The van der Waals surface area contributed by atoms with Crippen LogP contribution >= 0.6 is 0 Å². The van der Waals surface area contributed by atoms with Gasteiger partial charge in [0.2, 0.25) is 0 Å². The summed E-state index contributed by atoms with van der Waals surface area (Å²) in [6.45, 7) is 0.501. The Hall–Kier alpha value is -2.36. The smallest absolute Gasteiger partial charge is 0.290 e. The van der Waals surface area contributed by atoms with Crippen LogP contribution in [-0.2, 0) is 17.8 Å². The topological polar surface area (TPSA) is 33.6 Å². The SMILES string of the molecule is Fc1ccc2c(c1)CCC2NC1=Nc2cc[c]cc2CO1. The van der Waals surface area contributed by atoms with Gasteiger partial charge in [0, 0.05) is 5.56 Å². The van der Waals surface area contributed by atoms with E-state index in [1.807, 2.05) is 24.3 Å². The van der Waals surface area contributed by atoms with E-state index in [1.165, 1.54) is 6.07 Å². The molecule has 1 aliphatic heterocycles. The number of aryl methyl sites for hydroxylation is 1. The van der Waals surface area contributed by atoms with Gasteiger partial charge in [-0.2, -0.15) is 4.99 Å². The molecule has 1 aliphatic carbocycles. The molecule has 1 radical (unpaired) electrons. The predicted octanol–water partition coefficient (Wildman–Crippen LogP) is 3.42. The summed E-state index contributed by atoms with van der Waals surface area (Å²) in [7, 11) is 0. The molecule has 1 N–H and O–H groups in total. The van der Waals surface area contributed by atoms with E-state index in [-0.39, 0.29) is 11.9 Å². The van der Waals surface area contributed by atoms with Gasteiger partial charge in [-0.05, 0) is 54.3 Å². The maximum absolute atomic E-state index is 13.2. The van der Waals surface area contributed by atoms with Crippen molar-refractivity contribution in [2.24, 2.45) is 4.99 Å². The molecule has 0 spiro atoms. The Labute approximate surface area is 122 Å². The number of hydrogen-bond donors (Lipinski definition) is 1. The molecule has 1 heterocycles. The van der Waals surface area contributed by atoms with E-state index in [1.54, 1.807) is 6.07 Å². The van der Waals surface area contributed by atoms with Crippen LogP contribution in [0, 0.1) is 11.9 Å². The van der Waals surface area contributed by atoms with Crippen molar-refractivity contribution in [2.75, 3.05) is 0 Å². The number of rotatable bonds is 1. The van der Waals surface area contributed by atoms with Gasteiger partial charge >= 0.3 is 0 Å². The fourth-order valence-electron chi connectivity index (χ4n) is 2.93. The highest BCUT2D eigenvalue weighted by atomic mass is 19.1.